The molecule has 0 atom stereocenters. The van der Waals surface area contributed by atoms with Crippen molar-refractivity contribution in [2.75, 3.05) is 13.7 Å². The summed E-state index contributed by atoms with van der Waals surface area (Å²) in [5, 5.41) is 9.10. The van der Waals surface area contributed by atoms with E-state index in [-0.39, 0.29) is 6.42 Å². The van der Waals surface area contributed by atoms with Crippen molar-refractivity contribution in [3.63, 3.8) is 0 Å². The van der Waals surface area contributed by atoms with E-state index in [1.54, 1.807) is 25.3 Å². The Labute approximate surface area is 164 Å². The van der Waals surface area contributed by atoms with E-state index in [0.717, 1.165) is 22.3 Å². The van der Waals surface area contributed by atoms with Crippen molar-refractivity contribution in [3.05, 3.63) is 64.6 Å². The fraction of sp³-hybridized carbons (Fsp3) is 0.286. The van der Waals surface area contributed by atoms with Crippen molar-refractivity contribution in [2.45, 2.75) is 26.8 Å². The standard InChI is InChI=1S/C21H23N3O4/c1-5-24(21(27)23-22-3)13-16-10-14(2)6-8-17(16)18-11-15(12-20(25)26)7-9-19(18)28-4/h6-11H,5,12-13H2,1-2,4H3,(H,23,27)(H,25,26). The maximum absolute atomic E-state index is 12.1. The largest absolute Gasteiger partial charge is 0.496 e. The zero-order valence-electron chi connectivity index (χ0n) is 16.2. The van der Waals surface area contributed by atoms with Gasteiger partial charge in [0.2, 0.25) is 0 Å². The molecule has 7 heteroatoms. The molecule has 0 aliphatic rings. The Balaban J connectivity index is 2.53. The number of nitrogens with zero attached hydrogens (tertiary/aromatic N) is 2. The number of hydrogen-bond acceptors (Lipinski definition) is 3. The van der Waals surface area contributed by atoms with Gasteiger partial charge in [-0.3, -0.25) is 4.79 Å². The van der Waals surface area contributed by atoms with Crippen LogP contribution in [0.1, 0.15) is 23.6 Å². The van der Waals surface area contributed by atoms with Gasteiger partial charge in [0.05, 0.1) is 13.5 Å². The van der Waals surface area contributed by atoms with E-state index in [1.807, 2.05) is 32.0 Å². The summed E-state index contributed by atoms with van der Waals surface area (Å²) in [5.41, 5.74) is 6.32. The molecule has 2 rings (SSSR count). The van der Waals surface area contributed by atoms with E-state index in [4.69, 9.17) is 16.4 Å². The van der Waals surface area contributed by atoms with Crippen LogP contribution >= 0.6 is 0 Å². The number of ether oxygens (including phenoxy) is 1. The molecule has 0 spiro atoms. The van der Waals surface area contributed by atoms with Crippen LogP contribution in [0, 0.1) is 13.5 Å². The van der Waals surface area contributed by atoms with E-state index in [2.05, 4.69) is 10.4 Å². The number of carboxylic acid groups (broad SMARTS) is 1. The summed E-state index contributed by atoms with van der Waals surface area (Å²) in [6, 6.07) is 10.7. The van der Waals surface area contributed by atoms with E-state index in [0.29, 0.717) is 24.4 Å². The molecule has 0 saturated carbocycles. The zero-order chi connectivity index (χ0) is 20.7. The Kier molecular flexibility index (Phi) is 6.99. The van der Waals surface area contributed by atoms with Gasteiger partial charge >= 0.3 is 12.0 Å². The van der Waals surface area contributed by atoms with Crippen LogP contribution in [-0.4, -0.2) is 35.7 Å². The average molecular weight is 381 g/mol. The molecule has 2 aromatic rings. The Morgan fingerprint density at radius 1 is 1.21 bits per heavy atom. The molecule has 0 bridgehead atoms. The van der Waals surface area contributed by atoms with Crippen molar-refractivity contribution in [1.82, 2.24) is 10.3 Å². The first-order valence-electron chi connectivity index (χ1n) is 8.79. The summed E-state index contributed by atoms with van der Waals surface area (Å²) in [7, 11) is 1.56. The lowest BCUT2D eigenvalue weighted by Gasteiger charge is -2.21. The molecule has 146 valence electrons. The number of aryl methyl sites for hydroxylation is 1. The summed E-state index contributed by atoms with van der Waals surface area (Å²) in [4.78, 5) is 27.7. The van der Waals surface area contributed by atoms with Gasteiger partial charge in [-0.15, -0.1) is 0 Å². The van der Waals surface area contributed by atoms with Gasteiger partial charge in [0, 0.05) is 18.7 Å². The quantitative estimate of drug-likeness (QED) is 0.566. The van der Waals surface area contributed by atoms with Gasteiger partial charge in [0.25, 0.3) is 0 Å². The first-order chi connectivity index (χ1) is 13.4. The number of hydrogen-bond donors (Lipinski definition) is 2. The number of rotatable bonds is 7. The highest BCUT2D eigenvalue weighted by Gasteiger charge is 2.18. The normalized spacial score (nSPS) is 10.1. The number of methoxy groups -OCH3 is 1. The van der Waals surface area contributed by atoms with Crippen LogP contribution < -0.4 is 10.2 Å². The smallest absolute Gasteiger partial charge is 0.382 e. The van der Waals surface area contributed by atoms with Gasteiger partial charge < -0.3 is 14.7 Å². The molecule has 2 N–H and O–H groups in total. The maximum atomic E-state index is 12.1. The Morgan fingerprint density at radius 2 is 1.96 bits per heavy atom. The molecule has 7 nitrogen and oxygen atoms in total. The molecule has 0 aromatic heterocycles. The van der Waals surface area contributed by atoms with Crippen LogP contribution in [0.4, 0.5) is 4.79 Å². The highest BCUT2D eigenvalue weighted by Crippen LogP contribution is 2.34. The van der Waals surface area contributed by atoms with Crippen LogP contribution in [0.5, 0.6) is 5.75 Å². The minimum Gasteiger partial charge on any atom is -0.496 e. The summed E-state index contributed by atoms with van der Waals surface area (Å²) >= 11 is 0. The number of urea groups is 1. The third-order valence-electron chi connectivity index (χ3n) is 4.35. The van der Waals surface area contributed by atoms with Gasteiger partial charge in [-0.1, -0.05) is 29.8 Å². The van der Waals surface area contributed by atoms with Gasteiger partial charge in [0.15, 0.2) is 0 Å². The van der Waals surface area contributed by atoms with E-state index >= 15 is 0 Å². The van der Waals surface area contributed by atoms with Crippen molar-refractivity contribution >= 4 is 12.0 Å². The molecule has 0 unspecified atom stereocenters. The fourth-order valence-electron chi connectivity index (χ4n) is 3.02. The minimum absolute atomic E-state index is 0.0906. The van der Waals surface area contributed by atoms with Crippen molar-refractivity contribution in [3.8, 4) is 16.9 Å². The molecular weight excluding hydrogens is 358 g/mol. The summed E-state index contributed by atoms with van der Waals surface area (Å²) in [5.74, 6) is -0.291. The first-order valence-corrected chi connectivity index (χ1v) is 8.79. The zero-order valence-corrected chi connectivity index (χ0v) is 16.2. The van der Waals surface area contributed by atoms with E-state index in [1.165, 1.54) is 4.90 Å². The third kappa shape index (κ3) is 5.01. The number of carbonyl (C=O) groups is 2. The summed E-state index contributed by atoms with van der Waals surface area (Å²) < 4.78 is 5.48. The molecule has 0 aliphatic carbocycles. The first kappa shape index (κ1) is 20.8. The molecule has 2 amide bonds. The number of benzene rings is 2. The minimum atomic E-state index is -0.909. The van der Waals surface area contributed by atoms with Gasteiger partial charge in [-0.2, -0.15) is 11.5 Å². The molecule has 28 heavy (non-hydrogen) atoms. The molecule has 0 aliphatic heterocycles. The van der Waals surface area contributed by atoms with Crippen LogP contribution in [0.25, 0.3) is 16.1 Å². The van der Waals surface area contributed by atoms with Gasteiger partial charge in [0.1, 0.15) is 5.75 Å². The van der Waals surface area contributed by atoms with Crippen molar-refractivity contribution < 1.29 is 19.4 Å². The Bertz CT molecular complexity index is 918. The maximum Gasteiger partial charge on any atom is 0.382 e. The molecule has 0 fully saturated rings. The lowest BCUT2D eigenvalue weighted by Crippen LogP contribution is -2.36. The van der Waals surface area contributed by atoms with Crippen LogP contribution in [0.15, 0.2) is 36.4 Å². The SMILES string of the molecule is [C-]#[N+]NC(=O)N(CC)Cc1cc(C)ccc1-c1cc(CC(=O)O)ccc1OC. The van der Waals surface area contributed by atoms with Crippen molar-refractivity contribution in [2.24, 2.45) is 0 Å². The predicted molar refractivity (Wildman–Crippen MR) is 106 cm³/mol. The molecule has 2 aromatic carbocycles. The summed E-state index contributed by atoms with van der Waals surface area (Å²) in [6.45, 7) is 11.4. The predicted octanol–water partition coefficient (Wildman–Crippen LogP) is 3.66. The number of amides is 2. The number of nitrogens with one attached hydrogen (secondary N) is 1. The lowest BCUT2D eigenvalue weighted by molar-refractivity contribution is -0.136. The van der Waals surface area contributed by atoms with Crippen molar-refractivity contribution in [1.29, 1.82) is 0 Å². The highest BCUT2D eigenvalue weighted by atomic mass is 16.5. The van der Waals surface area contributed by atoms with Crippen LogP contribution in [-0.2, 0) is 17.8 Å². The highest BCUT2D eigenvalue weighted by molar-refractivity contribution is 5.78. The second-order valence-corrected chi connectivity index (χ2v) is 6.31. The number of carbonyl (C=O) groups excluding carboxylic acids is 1. The van der Waals surface area contributed by atoms with E-state index in [9.17, 15) is 9.59 Å². The average Bonchev–Trinajstić information content (AvgIpc) is 2.66. The third-order valence-corrected chi connectivity index (χ3v) is 4.35. The Hall–Kier alpha value is -3.53. The monoisotopic (exact) mass is 381 g/mol. The number of aliphatic carboxylic acids is 1. The second kappa shape index (κ2) is 9.42. The molecular formula is C21H23N3O4. The van der Waals surface area contributed by atoms with Crippen LogP contribution in [0.3, 0.4) is 0 Å². The van der Waals surface area contributed by atoms with Gasteiger partial charge in [-0.25, -0.2) is 4.79 Å². The fourth-order valence-corrected chi connectivity index (χ4v) is 3.02. The molecule has 0 saturated heterocycles. The molecule has 0 heterocycles. The molecule has 0 radical (unpaired) electrons. The topological polar surface area (TPSA) is 83.2 Å². The lowest BCUT2D eigenvalue weighted by atomic mass is 9.94. The van der Waals surface area contributed by atoms with Gasteiger partial charge in [-0.05, 0) is 48.1 Å². The summed E-state index contributed by atoms with van der Waals surface area (Å²) in [6.07, 6.45) is -0.0906. The number of carboxylic acids is 1. The second-order valence-electron chi connectivity index (χ2n) is 6.31. The van der Waals surface area contributed by atoms with E-state index < -0.39 is 12.0 Å². The van der Waals surface area contributed by atoms with Crippen LogP contribution in [0.2, 0.25) is 0 Å². The Morgan fingerprint density at radius 3 is 2.57 bits per heavy atom.